The fourth-order valence-corrected chi connectivity index (χ4v) is 4.41. The third-order valence-corrected chi connectivity index (χ3v) is 6.27. The number of carbonyl (C=O) groups is 1. The first-order chi connectivity index (χ1) is 19.9. The van der Waals surface area contributed by atoms with E-state index in [4.69, 9.17) is 23.7 Å². The van der Waals surface area contributed by atoms with Gasteiger partial charge in [0.25, 0.3) is 0 Å². The SMILES string of the molecule is CC#Cc1c(OC)ccc2c(C(=O)c3cc(OC)c(OC)c(OC)c3)nn(CCOCCn3ccnc3[N+](=O)[O-])c12. The molecule has 0 saturated carbocycles. The molecule has 2 aromatic carbocycles. The zero-order valence-electron chi connectivity index (χ0n) is 23.3. The molecule has 4 rings (SSSR count). The molecule has 4 aromatic rings. The molecular formula is C28H29N5O8. The van der Waals surface area contributed by atoms with Crippen LogP contribution >= 0.6 is 0 Å². The van der Waals surface area contributed by atoms with E-state index in [-0.39, 0.29) is 43.7 Å². The van der Waals surface area contributed by atoms with Crippen molar-refractivity contribution in [3.63, 3.8) is 0 Å². The fraction of sp³-hybridized carbons (Fsp3) is 0.321. The zero-order valence-corrected chi connectivity index (χ0v) is 23.3. The van der Waals surface area contributed by atoms with E-state index in [1.54, 1.807) is 43.0 Å². The van der Waals surface area contributed by atoms with Crippen molar-refractivity contribution in [1.82, 2.24) is 19.3 Å². The second-order valence-corrected chi connectivity index (χ2v) is 8.52. The maximum atomic E-state index is 13.8. The van der Waals surface area contributed by atoms with Crippen molar-refractivity contribution >= 4 is 22.6 Å². The molecule has 0 fully saturated rings. The molecule has 0 bridgehead atoms. The summed E-state index contributed by atoms with van der Waals surface area (Å²) in [5.41, 5.74) is 1.69. The highest BCUT2D eigenvalue weighted by atomic mass is 16.6. The lowest BCUT2D eigenvalue weighted by Crippen LogP contribution is -2.13. The van der Waals surface area contributed by atoms with E-state index in [9.17, 15) is 14.9 Å². The van der Waals surface area contributed by atoms with Crippen LogP contribution < -0.4 is 18.9 Å². The highest BCUT2D eigenvalue weighted by Crippen LogP contribution is 2.39. The van der Waals surface area contributed by atoms with Gasteiger partial charge in [-0.2, -0.15) is 5.10 Å². The Morgan fingerprint density at radius 2 is 1.68 bits per heavy atom. The van der Waals surface area contributed by atoms with Gasteiger partial charge < -0.3 is 33.8 Å². The number of nitro groups is 1. The van der Waals surface area contributed by atoms with E-state index in [2.05, 4.69) is 21.9 Å². The van der Waals surface area contributed by atoms with Crippen LogP contribution in [0.5, 0.6) is 23.0 Å². The van der Waals surface area contributed by atoms with Crippen molar-refractivity contribution in [2.45, 2.75) is 20.0 Å². The molecule has 0 unspecified atom stereocenters. The number of ether oxygens (including phenoxy) is 5. The van der Waals surface area contributed by atoms with Gasteiger partial charge in [-0.1, -0.05) is 10.9 Å². The Labute approximate surface area is 235 Å². The van der Waals surface area contributed by atoms with Crippen LogP contribution in [0, 0.1) is 22.0 Å². The number of imidazole rings is 1. The predicted molar refractivity (Wildman–Crippen MR) is 148 cm³/mol. The van der Waals surface area contributed by atoms with Gasteiger partial charge in [0.2, 0.25) is 11.5 Å². The third-order valence-electron chi connectivity index (χ3n) is 6.27. The van der Waals surface area contributed by atoms with Crippen molar-refractivity contribution in [3.05, 3.63) is 63.6 Å². The summed E-state index contributed by atoms with van der Waals surface area (Å²) in [6.07, 6.45) is 2.88. The van der Waals surface area contributed by atoms with E-state index < -0.39 is 4.92 Å². The first kappa shape index (κ1) is 28.9. The largest absolute Gasteiger partial charge is 0.495 e. The molecule has 13 heteroatoms. The quantitative estimate of drug-likeness (QED) is 0.0780. The van der Waals surface area contributed by atoms with E-state index >= 15 is 0 Å². The summed E-state index contributed by atoms with van der Waals surface area (Å²) in [7, 11) is 5.98. The smallest absolute Gasteiger partial charge is 0.434 e. The van der Waals surface area contributed by atoms with E-state index in [0.717, 1.165) is 0 Å². The lowest BCUT2D eigenvalue weighted by Gasteiger charge is -2.13. The first-order valence-corrected chi connectivity index (χ1v) is 12.5. The van der Waals surface area contributed by atoms with Crippen LogP contribution in [0.15, 0.2) is 36.7 Å². The van der Waals surface area contributed by atoms with Crippen molar-refractivity contribution in [2.75, 3.05) is 41.7 Å². The normalized spacial score (nSPS) is 10.7. The molecule has 2 heterocycles. The van der Waals surface area contributed by atoms with Crippen molar-refractivity contribution < 1.29 is 33.4 Å². The predicted octanol–water partition coefficient (Wildman–Crippen LogP) is 3.49. The van der Waals surface area contributed by atoms with Crippen molar-refractivity contribution in [2.24, 2.45) is 0 Å². The maximum Gasteiger partial charge on any atom is 0.434 e. The number of methoxy groups -OCH3 is 4. The summed E-state index contributed by atoms with van der Waals surface area (Å²) in [5.74, 6) is 6.94. The Morgan fingerprint density at radius 1 is 1.00 bits per heavy atom. The molecule has 0 atom stereocenters. The van der Waals surface area contributed by atoms with E-state index in [0.29, 0.717) is 45.0 Å². The van der Waals surface area contributed by atoms with Gasteiger partial charge in [-0.3, -0.25) is 9.48 Å². The molecule has 0 amide bonds. The van der Waals surface area contributed by atoms with Gasteiger partial charge in [0.15, 0.2) is 11.5 Å². The Balaban J connectivity index is 1.68. The number of aromatic nitrogens is 4. The summed E-state index contributed by atoms with van der Waals surface area (Å²) in [6, 6.07) is 6.66. The van der Waals surface area contributed by atoms with Crippen molar-refractivity contribution in [1.29, 1.82) is 0 Å². The van der Waals surface area contributed by atoms with Gasteiger partial charge in [-0.05, 0) is 36.1 Å². The summed E-state index contributed by atoms with van der Waals surface area (Å²) in [5, 5.41) is 16.3. The minimum atomic E-state index is -0.550. The Hall–Kier alpha value is -5.09. The van der Waals surface area contributed by atoms with Gasteiger partial charge in [-0.25, -0.2) is 4.57 Å². The van der Waals surface area contributed by atoms with Crippen molar-refractivity contribution in [3.8, 4) is 34.8 Å². The number of carbonyl (C=O) groups excluding carboxylic acids is 1. The standard InChI is InChI=1S/C28H29N5O8/c1-6-7-19-21(37-2)9-8-20-24(26(34)18-16-22(38-3)27(40-5)23(17-18)39-4)30-32(25(19)20)13-15-41-14-12-31-11-10-29-28(31)33(35)36/h8-11,16-17H,12-15H2,1-5H3. The van der Waals surface area contributed by atoms with Crippen LogP contribution in [-0.2, 0) is 17.8 Å². The molecule has 0 N–H and O–H groups in total. The van der Waals surface area contributed by atoms with Crippen LogP contribution in [0.4, 0.5) is 5.95 Å². The third kappa shape index (κ3) is 5.78. The number of benzene rings is 2. The topological polar surface area (TPSA) is 142 Å². The number of nitrogens with zero attached hydrogens (tertiary/aromatic N) is 5. The van der Waals surface area contributed by atoms with Crippen LogP contribution in [0.3, 0.4) is 0 Å². The molecule has 0 aliphatic carbocycles. The minimum absolute atomic E-state index is 0.199. The molecule has 0 spiro atoms. The lowest BCUT2D eigenvalue weighted by atomic mass is 10.0. The van der Waals surface area contributed by atoms with Gasteiger partial charge in [0.1, 0.15) is 23.8 Å². The number of hydrogen-bond acceptors (Lipinski definition) is 10. The van der Waals surface area contributed by atoms with E-state index in [1.807, 2.05) is 0 Å². The molecule has 2 aromatic heterocycles. The zero-order chi connectivity index (χ0) is 29.5. The molecule has 0 radical (unpaired) electrons. The Kier molecular flexibility index (Phi) is 9.05. The van der Waals surface area contributed by atoms with Crippen LogP contribution in [-0.4, -0.2) is 71.7 Å². The van der Waals surface area contributed by atoms with Gasteiger partial charge in [0.05, 0.1) is 65.8 Å². The first-order valence-electron chi connectivity index (χ1n) is 12.5. The van der Waals surface area contributed by atoms with E-state index in [1.165, 1.54) is 38.3 Å². The summed E-state index contributed by atoms with van der Waals surface area (Å²) >= 11 is 0. The van der Waals surface area contributed by atoms with Crippen LogP contribution in [0.2, 0.25) is 0 Å². The average Bonchev–Trinajstić information content (AvgIpc) is 3.61. The summed E-state index contributed by atoms with van der Waals surface area (Å²) < 4.78 is 30.6. The molecule has 0 aliphatic heterocycles. The molecule has 0 saturated heterocycles. The van der Waals surface area contributed by atoms with Gasteiger partial charge in [0, 0.05) is 10.9 Å². The number of ketones is 1. The van der Waals surface area contributed by atoms with Gasteiger partial charge in [-0.15, -0.1) is 5.92 Å². The Morgan fingerprint density at radius 3 is 2.29 bits per heavy atom. The molecule has 214 valence electrons. The second kappa shape index (κ2) is 12.8. The fourth-order valence-electron chi connectivity index (χ4n) is 4.41. The van der Waals surface area contributed by atoms with Gasteiger partial charge >= 0.3 is 5.95 Å². The average molecular weight is 564 g/mol. The second-order valence-electron chi connectivity index (χ2n) is 8.52. The summed E-state index contributed by atoms with van der Waals surface area (Å²) in [6.45, 7) is 2.66. The monoisotopic (exact) mass is 563 g/mol. The molecule has 0 aliphatic rings. The highest BCUT2D eigenvalue weighted by molar-refractivity contribution is 6.16. The molecule has 13 nitrogen and oxygen atoms in total. The number of fused-ring (bicyclic) bond motifs is 1. The number of rotatable bonds is 13. The molecule has 41 heavy (non-hydrogen) atoms. The van der Waals surface area contributed by atoms with Crippen LogP contribution in [0.25, 0.3) is 10.9 Å². The summed E-state index contributed by atoms with van der Waals surface area (Å²) in [4.78, 5) is 28.1. The maximum absolute atomic E-state index is 13.8. The molecular weight excluding hydrogens is 534 g/mol. The Bertz CT molecular complexity index is 1620. The highest BCUT2D eigenvalue weighted by Gasteiger charge is 2.25. The van der Waals surface area contributed by atoms with Crippen LogP contribution in [0.1, 0.15) is 28.5 Å². The number of hydrogen-bond donors (Lipinski definition) is 0. The minimum Gasteiger partial charge on any atom is -0.495 e. The lowest BCUT2D eigenvalue weighted by molar-refractivity contribution is -0.396.